The van der Waals surface area contributed by atoms with E-state index in [2.05, 4.69) is 19.2 Å². The fraction of sp³-hybridized carbons (Fsp3) is 0.588. The van der Waals surface area contributed by atoms with Crippen molar-refractivity contribution in [1.82, 2.24) is 4.31 Å². The van der Waals surface area contributed by atoms with Crippen LogP contribution in [0, 0.1) is 11.8 Å². The molecule has 24 heavy (non-hydrogen) atoms. The van der Waals surface area contributed by atoms with E-state index in [-0.39, 0.29) is 10.8 Å². The summed E-state index contributed by atoms with van der Waals surface area (Å²) in [4.78, 5) is 13.8. The van der Waals surface area contributed by atoms with Gasteiger partial charge in [0.2, 0.25) is 10.0 Å². The zero-order chi connectivity index (χ0) is 17.9. The van der Waals surface area contributed by atoms with Gasteiger partial charge in [0.1, 0.15) is 0 Å². The number of piperidine rings is 1. The lowest BCUT2D eigenvalue weighted by molar-refractivity contribution is -0.904. The Morgan fingerprint density at radius 3 is 2.46 bits per heavy atom. The van der Waals surface area contributed by atoms with E-state index in [9.17, 15) is 13.2 Å². The van der Waals surface area contributed by atoms with Crippen molar-refractivity contribution in [3.05, 3.63) is 24.3 Å². The van der Waals surface area contributed by atoms with E-state index in [0.29, 0.717) is 24.1 Å². The van der Waals surface area contributed by atoms with E-state index in [0.717, 1.165) is 17.4 Å². The number of nitrogens with one attached hydrogen (secondary N) is 2. The van der Waals surface area contributed by atoms with Crippen LogP contribution in [-0.4, -0.2) is 52.4 Å². The first kappa shape index (κ1) is 18.9. The van der Waals surface area contributed by atoms with Crippen LogP contribution in [-0.2, 0) is 14.8 Å². The van der Waals surface area contributed by atoms with Gasteiger partial charge in [-0.15, -0.1) is 0 Å². The van der Waals surface area contributed by atoms with Gasteiger partial charge in [-0.05, 0) is 24.6 Å². The number of sulfonamides is 1. The van der Waals surface area contributed by atoms with Gasteiger partial charge in [0.25, 0.3) is 5.91 Å². The maximum Gasteiger partial charge on any atom is 0.279 e. The summed E-state index contributed by atoms with van der Waals surface area (Å²) in [6, 6.07) is 6.39. The summed E-state index contributed by atoms with van der Waals surface area (Å²) in [6.07, 6.45) is 1.22. The maximum atomic E-state index is 12.3. The topological polar surface area (TPSA) is 70.9 Å². The fourth-order valence-electron chi connectivity index (χ4n) is 3.44. The quantitative estimate of drug-likeness (QED) is 0.806. The summed E-state index contributed by atoms with van der Waals surface area (Å²) in [5.74, 6) is 1.18. The van der Waals surface area contributed by atoms with Gasteiger partial charge in [-0.25, -0.2) is 12.7 Å². The normalized spacial score (nSPS) is 24.8. The molecule has 2 rings (SSSR count). The van der Waals surface area contributed by atoms with Gasteiger partial charge in [-0.1, -0.05) is 19.9 Å². The number of carbonyl (C=O) groups is 1. The number of amides is 1. The minimum absolute atomic E-state index is 0.0781. The number of likely N-dealkylation sites (tertiary alicyclic amines) is 1. The van der Waals surface area contributed by atoms with Crippen molar-refractivity contribution in [2.24, 2.45) is 11.8 Å². The molecule has 2 N–H and O–H groups in total. The first-order valence-electron chi connectivity index (χ1n) is 8.34. The van der Waals surface area contributed by atoms with Crippen molar-refractivity contribution in [1.29, 1.82) is 0 Å². The highest BCUT2D eigenvalue weighted by Gasteiger charge is 2.26. The molecule has 1 aromatic rings. The molecule has 0 bridgehead atoms. The second kappa shape index (κ2) is 7.63. The van der Waals surface area contributed by atoms with Gasteiger partial charge in [0, 0.05) is 31.6 Å². The molecule has 3 atom stereocenters. The number of anilines is 1. The Labute approximate surface area is 144 Å². The molecule has 1 aromatic carbocycles. The summed E-state index contributed by atoms with van der Waals surface area (Å²) in [5, 5.41) is 2.83. The SMILES string of the molecule is C[C@@H]1C[C@H](C)C[NH+](CC(=O)Nc2cccc(S(=O)(=O)N(C)C)c2)C1. The van der Waals surface area contributed by atoms with Crippen LogP contribution in [0.2, 0.25) is 0 Å². The minimum Gasteiger partial charge on any atom is -0.327 e. The van der Waals surface area contributed by atoms with Crippen LogP contribution in [0.3, 0.4) is 0 Å². The minimum atomic E-state index is -3.50. The van der Waals surface area contributed by atoms with E-state index in [1.165, 1.54) is 37.5 Å². The number of rotatable bonds is 5. The molecule has 1 saturated heterocycles. The van der Waals surface area contributed by atoms with Gasteiger partial charge in [0.15, 0.2) is 6.54 Å². The van der Waals surface area contributed by atoms with E-state index < -0.39 is 10.0 Å². The van der Waals surface area contributed by atoms with Gasteiger partial charge in [-0.3, -0.25) is 4.79 Å². The summed E-state index contributed by atoms with van der Waals surface area (Å²) in [6.45, 7) is 6.88. The van der Waals surface area contributed by atoms with Gasteiger partial charge in [0.05, 0.1) is 18.0 Å². The Morgan fingerprint density at radius 1 is 1.25 bits per heavy atom. The molecule has 1 aliphatic rings. The predicted molar refractivity (Wildman–Crippen MR) is 94.5 cm³/mol. The van der Waals surface area contributed by atoms with E-state index in [1.807, 2.05) is 0 Å². The number of quaternary nitrogens is 1. The Morgan fingerprint density at radius 2 is 1.88 bits per heavy atom. The largest absolute Gasteiger partial charge is 0.327 e. The summed E-state index contributed by atoms with van der Waals surface area (Å²) >= 11 is 0. The second-order valence-electron chi connectivity index (χ2n) is 7.14. The molecular weight excluding hydrogens is 326 g/mol. The Hall–Kier alpha value is -1.44. The average Bonchev–Trinajstić information content (AvgIpc) is 2.45. The standard InChI is InChI=1S/C17H27N3O3S/c1-13-8-14(2)11-20(10-13)12-17(21)18-15-6-5-7-16(9-15)24(22,23)19(3)4/h5-7,9,13-14H,8,10-12H2,1-4H3,(H,18,21)/p+1/t13-,14+. The number of carbonyl (C=O) groups excluding carboxylic acids is 1. The van der Waals surface area contributed by atoms with Gasteiger partial charge >= 0.3 is 0 Å². The highest BCUT2D eigenvalue weighted by atomic mass is 32.2. The lowest BCUT2D eigenvalue weighted by Crippen LogP contribution is -3.15. The molecule has 1 aliphatic heterocycles. The van der Waals surface area contributed by atoms with E-state index in [1.54, 1.807) is 12.1 Å². The van der Waals surface area contributed by atoms with Crippen molar-refractivity contribution in [3.8, 4) is 0 Å². The van der Waals surface area contributed by atoms with E-state index >= 15 is 0 Å². The molecule has 1 unspecified atom stereocenters. The van der Waals surface area contributed by atoms with Gasteiger partial charge in [-0.2, -0.15) is 0 Å². The zero-order valence-corrected chi connectivity index (χ0v) is 15.7. The highest BCUT2D eigenvalue weighted by Crippen LogP contribution is 2.18. The van der Waals surface area contributed by atoms with Gasteiger partial charge < -0.3 is 10.2 Å². The van der Waals surface area contributed by atoms with Crippen molar-refractivity contribution in [2.75, 3.05) is 39.0 Å². The number of hydrogen-bond donors (Lipinski definition) is 2. The monoisotopic (exact) mass is 354 g/mol. The van der Waals surface area contributed by atoms with Crippen LogP contribution < -0.4 is 10.2 Å². The van der Waals surface area contributed by atoms with Crippen LogP contribution in [0.1, 0.15) is 20.3 Å². The molecular formula is C17H28N3O3S+. The summed E-state index contributed by atoms with van der Waals surface area (Å²) < 4.78 is 25.5. The number of nitrogens with zero attached hydrogens (tertiary/aromatic N) is 1. The Kier molecular flexibility index (Phi) is 6.01. The van der Waals surface area contributed by atoms with Crippen LogP contribution in [0.15, 0.2) is 29.2 Å². The van der Waals surface area contributed by atoms with Crippen LogP contribution in [0.4, 0.5) is 5.69 Å². The number of benzene rings is 1. The molecule has 7 heteroatoms. The molecule has 6 nitrogen and oxygen atoms in total. The second-order valence-corrected chi connectivity index (χ2v) is 9.30. The third kappa shape index (κ3) is 4.78. The predicted octanol–water partition coefficient (Wildman–Crippen LogP) is 0.436. The molecule has 0 aromatic heterocycles. The smallest absolute Gasteiger partial charge is 0.279 e. The Balaban J connectivity index is 2.02. The molecule has 0 spiro atoms. The molecule has 1 heterocycles. The lowest BCUT2D eigenvalue weighted by Gasteiger charge is -2.31. The third-order valence-corrected chi connectivity index (χ3v) is 6.20. The molecule has 134 valence electrons. The fourth-order valence-corrected chi connectivity index (χ4v) is 4.39. The zero-order valence-electron chi connectivity index (χ0n) is 14.9. The molecule has 1 amide bonds. The van der Waals surface area contributed by atoms with Crippen LogP contribution >= 0.6 is 0 Å². The van der Waals surface area contributed by atoms with Crippen molar-refractivity contribution in [3.63, 3.8) is 0 Å². The molecule has 0 aliphatic carbocycles. The summed E-state index contributed by atoms with van der Waals surface area (Å²) in [5.41, 5.74) is 0.514. The average molecular weight is 354 g/mol. The molecule has 0 radical (unpaired) electrons. The third-order valence-electron chi connectivity index (χ3n) is 4.39. The maximum absolute atomic E-state index is 12.3. The molecule has 0 saturated carbocycles. The first-order valence-corrected chi connectivity index (χ1v) is 9.78. The van der Waals surface area contributed by atoms with Crippen LogP contribution in [0.25, 0.3) is 0 Å². The van der Waals surface area contributed by atoms with Crippen molar-refractivity contribution < 1.29 is 18.1 Å². The van der Waals surface area contributed by atoms with Crippen LogP contribution in [0.5, 0.6) is 0 Å². The number of hydrogen-bond acceptors (Lipinski definition) is 3. The molecule has 1 fully saturated rings. The summed E-state index contributed by atoms with van der Waals surface area (Å²) in [7, 11) is -0.523. The van der Waals surface area contributed by atoms with E-state index in [4.69, 9.17) is 0 Å². The highest BCUT2D eigenvalue weighted by molar-refractivity contribution is 7.89. The Bertz CT molecular complexity index is 678. The van der Waals surface area contributed by atoms with Crippen molar-refractivity contribution >= 4 is 21.6 Å². The lowest BCUT2D eigenvalue weighted by atomic mass is 9.92. The van der Waals surface area contributed by atoms with Crippen molar-refractivity contribution in [2.45, 2.75) is 25.2 Å². The first-order chi connectivity index (χ1) is 11.2.